The van der Waals surface area contributed by atoms with E-state index < -0.39 is 0 Å². The smallest absolute Gasteiger partial charge is 0.184 e. The number of nitrogens with two attached hydrogens (primary N) is 2. The van der Waals surface area contributed by atoms with E-state index in [1.54, 1.807) is 29.2 Å². The van der Waals surface area contributed by atoms with Crippen LogP contribution in [0.5, 0.6) is 0 Å². The molecule has 0 aromatic carbocycles. The first kappa shape index (κ1) is 12.4. The Balaban J connectivity index is 2.82. The summed E-state index contributed by atoms with van der Waals surface area (Å²) in [4.78, 5) is 0. The van der Waals surface area contributed by atoms with Crippen LogP contribution in [-0.4, -0.2) is 38.6 Å². The predicted molar refractivity (Wildman–Crippen MR) is 72.4 cm³/mol. The molecule has 82 valence electrons. The van der Waals surface area contributed by atoms with Crippen molar-refractivity contribution in [2.24, 2.45) is 11.5 Å². The Morgan fingerprint density at radius 3 is 2.56 bits per heavy atom. The summed E-state index contributed by atoms with van der Waals surface area (Å²) < 4.78 is 7.08. The number of hydrogen-bond donors (Lipinski definition) is 2. The van der Waals surface area contributed by atoms with Gasteiger partial charge in [0.15, 0.2) is 5.88 Å². The van der Waals surface area contributed by atoms with Crippen molar-refractivity contribution >= 4 is 29.2 Å². The van der Waals surface area contributed by atoms with Gasteiger partial charge in [-0.3, -0.25) is 0 Å². The molecule has 4 N–H and O–H groups in total. The molecule has 5 nitrogen and oxygen atoms in total. The van der Waals surface area contributed by atoms with E-state index in [0.29, 0.717) is 11.6 Å². The van der Waals surface area contributed by atoms with E-state index in [0.717, 1.165) is 0 Å². The van der Waals surface area contributed by atoms with Gasteiger partial charge in [0.25, 0.3) is 0 Å². The van der Waals surface area contributed by atoms with E-state index in [9.17, 15) is 0 Å². The molecule has 1 heterocycles. The molecule has 0 amide bonds. The molecule has 0 aliphatic heterocycles. The van der Waals surface area contributed by atoms with Crippen LogP contribution in [0.1, 0.15) is 0 Å². The maximum absolute atomic E-state index is 5.74. The summed E-state index contributed by atoms with van der Waals surface area (Å²) in [5, 5.41) is 3.72. The van der Waals surface area contributed by atoms with Crippen molar-refractivity contribution in [3.8, 4) is 0 Å². The van der Waals surface area contributed by atoms with Gasteiger partial charge in [-0.25, -0.2) is 4.68 Å². The minimum atomic E-state index is -0.329. The molecular formula is C8H15B3N4O. The highest BCUT2D eigenvalue weighted by Crippen LogP contribution is 2.07. The molecule has 0 bridgehead atoms. The van der Waals surface area contributed by atoms with Crippen molar-refractivity contribution in [2.45, 2.75) is 5.30 Å². The lowest BCUT2D eigenvalue weighted by Crippen LogP contribution is -2.35. The zero-order valence-corrected chi connectivity index (χ0v) is 9.84. The molecule has 16 heavy (non-hydrogen) atoms. The van der Waals surface area contributed by atoms with Gasteiger partial charge >= 0.3 is 0 Å². The van der Waals surface area contributed by atoms with E-state index in [-0.39, 0.29) is 5.30 Å². The molecule has 0 atom stereocenters. The van der Waals surface area contributed by atoms with Gasteiger partial charge in [-0.1, -0.05) is 0 Å². The SMILES string of the molecule is BC(B)(B)O/C(N)=C/C(=C\N)n1cccn1. The molecule has 8 heteroatoms. The van der Waals surface area contributed by atoms with Gasteiger partial charge < -0.3 is 16.2 Å². The van der Waals surface area contributed by atoms with Crippen molar-refractivity contribution in [2.75, 3.05) is 0 Å². The molecule has 0 unspecified atom stereocenters. The molecular weight excluding hydrogens is 201 g/mol. The van der Waals surface area contributed by atoms with Gasteiger partial charge in [0.05, 0.1) is 5.70 Å². The van der Waals surface area contributed by atoms with Crippen molar-refractivity contribution in [1.29, 1.82) is 0 Å². The van der Waals surface area contributed by atoms with Crippen LogP contribution in [0.2, 0.25) is 0 Å². The summed E-state index contributed by atoms with van der Waals surface area (Å²) in [7, 11) is 5.77. The number of nitrogens with zero attached hydrogens (tertiary/aromatic N) is 2. The Morgan fingerprint density at radius 1 is 1.44 bits per heavy atom. The first-order chi connectivity index (χ1) is 7.42. The van der Waals surface area contributed by atoms with Crippen LogP contribution in [-0.2, 0) is 4.74 Å². The second kappa shape index (κ2) is 4.87. The van der Waals surface area contributed by atoms with E-state index in [2.05, 4.69) is 5.10 Å². The maximum Gasteiger partial charge on any atom is 0.184 e. The summed E-state index contributed by atoms with van der Waals surface area (Å²) in [6.07, 6.45) is 6.50. The fourth-order valence-electron chi connectivity index (χ4n) is 1.14. The molecule has 0 spiro atoms. The van der Waals surface area contributed by atoms with Crippen LogP contribution in [0, 0.1) is 0 Å². The number of aromatic nitrogens is 2. The van der Waals surface area contributed by atoms with Crippen LogP contribution < -0.4 is 11.5 Å². The number of ether oxygens (including phenoxy) is 1. The third kappa shape index (κ3) is 3.80. The first-order valence-electron chi connectivity index (χ1n) is 5.00. The Kier molecular flexibility index (Phi) is 3.76. The second-order valence-electron chi connectivity index (χ2n) is 4.30. The third-order valence-corrected chi connectivity index (χ3v) is 1.65. The average molecular weight is 216 g/mol. The average Bonchev–Trinajstić information content (AvgIpc) is 2.63. The third-order valence-electron chi connectivity index (χ3n) is 1.65. The molecule has 0 saturated heterocycles. The molecule has 1 aromatic rings. The van der Waals surface area contributed by atoms with E-state index >= 15 is 0 Å². The lowest BCUT2D eigenvalue weighted by atomic mass is 9.52. The van der Waals surface area contributed by atoms with Crippen molar-refractivity contribution < 1.29 is 4.74 Å². The Morgan fingerprint density at radius 2 is 2.12 bits per heavy atom. The monoisotopic (exact) mass is 216 g/mol. The van der Waals surface area contributed by atoms with Gasteiger partial charge in [0.1, 0.15) is 23.5 Å². The Bertz CT molecular complexity index is 394. The molecule has 0 aliphatic rings. The van der Waals surface area contributed by atoms with Crippen LogP contribution in [0.4, 0.5) is 0 Å². The highest BCUT2D eigenvalue weighted by Gasteiger charge is 2.12. The minimum absolute atomic E-state index is 0.305. The zero-order valence-electron chi connectivity index (χ0n) is 9.84. The lowest BCUT2D eigenvalue weighted by Gasteiger charge is -2.21. The van der Waals surface area contributed by atoms with E-state index in [4.69, 9.17) is 16.2 Å². The summed E-state index contributed by atoms with van der Waals surface area (Å²) in [6.45, 7) is 0. The first-order valence-corrected chi connectivity index (χ1v) is 5.00. The van der Waals surface area contributed by atoms with Crippen LogP contribution in [0.25, 0.3) is 5.70 Å². The van der Waals surface area contributed by atoms with Gasteiger partial charge in [-0.15, -0.1) is 0 Å². The van der Waals surface area contributed by atoms with Crippen molar-refractivity contribution in [1.82, 2.24) is 9.78 Å². The van der Waals surface area contributed by atoms with Gasteiger partial charge in [-0.2, -0.15) is 5.10 Å². The van der Waals surface area contributed by atoms with Gasteiger partial charge in [-0.05, 0) is 6.07 Å². The summed E-state index contributed by atoms with van der Waals surface area (Å²) in [5.74, 6) is 0.305. The largest absolute Gasteiger partial charge is 0.500 e. The Labute approximate surface area is 97.7 Å². The highest BCUT2D eigenvalue weighted by molar-refractivity contribution is 6.58. The molecule has 0 saturated carbocycles. The Hall–Kier alpha value is -1.72. The molecule has 1 aromatic heterocycles. The minimum Gasteiger partial charge on any atom is -0.500 e. The van der Waals surface area contributed by atoms with Crippen LogP contribution in [0.3, 0.4) is 0 Å². The normalized spacial score (nSPS) is 13.8. The molecule has 1 rings (SSSR count). The number of allylic oxidation sites excluding steroid dienone is 2. The quantitative estimate of drug-likeness (QED) is 0.318. The molecule has 0 aliphatic carbocycles. The fourth-order valence-corrected chi connectivity index (χ4v) is 1.14. The second-order valence-corrected chi connectivity index (χ2v) is 4.30. The summed E-state index contributed by atoms with van der Waals surface area (Å²) in [5.41, 5.74) is 11.9. The number of rotatable bonds is 4. The molecule has 0 fully saturated rings. The predicted octanol–water partition coefficient (Wildman–Crippen LogP) is -3.03. The van der Waals surface area contributed by atoms with E-state index in [1.165, 1.54) is 6.20 Å². The van der Waals surface area contributed by atoms with E-state index in [1.807, 2.05) is 23.5 Å². The van der Waals surface area contributed by atoms with Crippen molar-refractivity contribution in [3.05, 3.63) is 36.6 Å². The zero-order chi connectivity index (χ0) is 12.2. The fraction of sp³-hybridized carbons (Fsp3) is 0.125. The summed E-state index contributed by atoms with van der Waals surface area (Å²) >= 11 is 0. The van der Waals surface area contributed by atoms with Crippen LogP contribution >= 0.6 is 0 Å². The maximum atomic E-state index is 5.74. The van der Waals surface area contributed by atoms with Gasteiger partial charge in [0, 0.05) is 30.0 Å². The highest BCUT2D eigenvalue weighted by atomic mass is 16.5. The topological polar surface area (TPSA) is 79.1 Å². The summed E-state index contributed by atoms with van der Waals surface area (Å²) in [6, 6.07) is 1.80. The van der Waals surface area contributed by atoms with Crippen LogP contribution in [0.15, 0.2) is 36.6 Å². The van der Waals surface area contributed by atoms with Gasteiger partial charge in [0.2, 0.25) is 0 Å². The lowest BCUT2D eigenvalue weighted by molar-refractivity contribution is 0.206. The number of hydrogen-bond acceptors (Lipinski definition) is 4. The molecule has 0 radical (unpaired) electrons. The standard InChI is InChI=1S/C8H15B3N4O/c9-8(10,11)16-7(13)4-6(5-12)15-3-1-2-14-15/h1-5H,9-13H2/b6-5+,7-4+. The van der Waals surface area contributed by atoms with Crippen molar-refractivity contribution in [3.63, 3.8) is 0 Å².